The highest BCUT2D eigenvalue weighted by Crippen LogP contribution is 2.10. The van der Waals surface area contributed by atoms with Crippen LogP contribution in [-0.2, 0) is 19.4 Å². The molecule has 0 aliphatic carbocycles. The summed E-state index contributed by atoms with van der Waals surface area (Å²) < 4.78 is 2.35. The molecular formula is C10H18N2. The molecule has 0 saturated heterocycles. The van der Waals surface area contributed by atoms with Crippen LogP contribution in [0.5, 0.6) is 0 Å². The van der Waals surface area contributed by atoms with Gasteiger partial charge in [-0.2, -0.15) is 0 Å². The number of aromatic nitrogens is 1. The molecule has 12 heavy (non-hydrogen) atoms. The van der Waals surface area contributed by atoms with Gasteiger partial charge >= 0.3 is 0 Å². The molecule has 1 aromatic rings. The molecule has 0 spiro atoms. The van der Waals surface area contributed by atoms with E-state index < -0.39 is 0 Å². The van der Waals surface area contributed by atoms with Gasteiger partial charge in [-0.05, 0) is 38.4 Å². The fourth-order valence-corrected chi connectivity index (χ4v) is 1.64. The van der Waals surface area contributed by atoms with Gasteiger partial charge in [-0.3, -0.25) is 0 Å². The van der Waals surface area contributed by atoms with Crippen molar-refractivity contribution in [3.05, 3.63) is 23.5 Å². The highest BCUT2D eigenvalue weighted by molar-refractivity contribution is 5.16. The zero-order valence-corrected chi connectivity index (χ0v) is 8.01. The standard InChI is InChI=1S/C10H18N2/c1-3-9-5-6-10(7-8-11)12(9)4-2/h5-6H,3-4,7-8,11H2,1-2H3. The van der Waals surface area contributed by atoms with Crippen LogP contribution >= 0.6 is 0 Å². The van der Waals surface area contributed by atoms with Crippen LogP contribution in [0.15, 0.2) is 12.1 Å². The smallest absolute Gasteiger partial charge is 0.0196 e. The van der Waals surface area contributed by atoms with Crippen molar-refractivity contribution in [3.63, 3.8) is 0 Å². The van der Waals surface area contributed by atoms with Gasteiger partial charge in [-0.1, -0.05) is 6.92 Å². The first-order chi connectivity index (χ1) is 5.83. The summed E-state index contributed by atoms with van der Waals surface area (Å²) >= 11 is 0. The van der Waals surface area contributed by atoms with E-state index >= 15 is 0 Å². The Kier molecular flexibility index (Phi) is 3.35. The van der Waals surface area contributed by atoms with Gasteiger partial charge in [0.2, 0.25) is 0 Å². The topological polar surface area (TPSA) is 30.9 Å². The van der Waals surface area contributed by atoms with Gasteiger partial charge in [0.05, 0.1) is 0 Å². The molecule has 2 nitrogen and oxygen atoms in total. The second-order valence-corrected chi connectivity index (χ2v) is 2.95. The second kappa shape index (κ2) is 4.31. The van der Waals surface area contributed by atoms with Crippen LogP contribution in [0.2, 0.25) is 0 Å². The Labute approximate surface area is 74.4 Å². The summed E-state index contributed by atoms with van der Waals surface area (Å²) in [6, 6.07) is 4.39. The summed E-state index contributed by atoms with van der Waals surface area (Å²) in [4.78, 5) is 0. The summed E-state index contributed by atoms with van der Waals surface area (Å²) in [6.07, 6.45) is 2.10. The zero-order valence-electron chi connectivity index (χ0n) is 8.01. The summed E-state index contributed by atoms with van der Waals surface area (Å²) in [5, 5.41) is 0. The van der Waals surface area contributed by atoms with Crippen LogP contribution < -0.4 is 5.73 Å². The van der Waals surface area contributed by atoms with Crippen molar-refractivity contribution in [2.75, 3.05) is 6.54 Å². The van der Waals surface area contributed by atoms with Gasteiger partial charge in [0.1, 0.15) is 0 Å². The molecule has 1 rings (SSSR count). The highest BCUT2D eigenvalue weighted by Gasteiger charge is 2.03. The number of nitrogens with zero attached hydrogens (tertiary/aromatic N) is 1. The number of nitrogens with two attached hydrogens (primary N) is 1. The van der Waals surface area contributed by atoms with Gasteiger partial charge in [-0.15, -0.1) is 0 Å². The molecule has 1 aromatic heterocycles. The van der Waals surface area contributed by atoms with Gasteiger partial charge in [0.25, 0.3) is 0 Å². The molecule has 0 amide bonds. The molecular weight excluding hydrogens is 148 g/mol. The molecule has 0 aliphatic rings. The Balaban J connectivity index is 2.88. The molecule has 0 atom stereocenters. The van der Waals surface area contributed by atoms with Crippen molar-refractivity contribution in [3.8, 4) is 0 Å². The Morgan fingerprint density at radius 1 is 1.25 bits per heavy atom. The maximum Gasteiger partial charge on any atom is 0.0196 e. The third-order valence-electron chi connectivity index (χ3n) is 2.24. The van der Waals surface area contributed by atoms with Crippen LogP contribution in [0.1, 0.15) is 25.2 Å². The van der Waals surface area contributed by atoms with Crippen molar-refractivity contribution in [1.82, 2.24) is 4.57 Å². The average molecular weight is 166 g/mol. The Bertz CT molecular complexity index is 238. The van der Waals surface area contributed by atoms with E-state index in [1.54, 1.807) is 0 Å². The minimum atomic E-state index is 0.743. The SMILES string of the molecule is CCc1ccc(CCN)n1CC. The van der Waals surface area contributed by atoms with E-state index in [2.05, 4.69) is 30.5 Å². The lowest BCUT2D eigenvalue weighted by molar-refractivity contribution is 0.675. The minimum absolute atomic E-state index is 0.743. The summed E-state index contributed by atoms with van der Waals surface area (Å²) in [5.74, 6) is 0. The minimum Gasteiger partial charge on any atom is -0.349 e. The normalized spacial score (nSPS) is 10.6. The first-order valence-corrected chi connectivity index (χ1v) is 4.70. The third-order valence-corrected chi connectivity index (χ3v) is 2.24. The van der Waals surface area contributed by atoms with Crippen molar-refractivity contribution < 1.29 is 0 Å². The predicted molar refractivity (Wildman–Crippen MR) is 52.2 cm³/mol. The van der Waals surface area contributed by atoms with Crippen molar-refractivity contribution in [2.24, 2.45) is 5.73 Å². The van der Waals surface area contributed by atoms with Gasteiger partial charge in [0.15, 0.2) is 0 Å². The average Bonchev–Trinajstić information content (AvgIpc) is 2.47. The van der Waals surface area contributed by atoms with E-state index in [1.807, 2.05) is 0 Å². The van der Waals surface area contributed by atoms with E-state index in [0.717, 1.165) is 25.9 Å². The number of rotatable bonds is 4. The van der Waals surface area contributed by atoms with Crippen LogP contribution in [0.4, 0.5) is 0 Å². The molecule has 1 heterocycles. The lowest BCUT2D eigenvalue weighted by Gasteiger charge is -2.08. The summed E-state index contributed by atoms with van der Waals surface area (Å²) in [7, 11) is 0. The summed E-state index contributed by atoms with van der Waals surface area (Å²) in [5.41, 5.74) is 8.31. The Morgan fingerprint density at radius 3 is 2.42 bits per heavy atom. The fraction of sp³-hybridized carbons (Fsp3) is 0.600. The molecule has 2 heteroatoms. The van der Waals surface area contributed by atoms with E-state index in [1.165, 1.54) is 11.4 Å². The number of hydrogen-bond donors (Lipinski definition) is 1. The van der Waals surface area contributed by atoms with Crippen molar-refractivity contribution >= 4 is 0 Å². The Morgan fingerprint density at radius 2 is 1.92 bits per heavy atom. The monoisotopic (exact) mass is 166 g/mol. The molecule has 0 saturated carbocycles. The molecule has 0 aromatic carbocycles. The predicted octanol–water partition coefficient (Wildman–Crippen LogP) is 1.57. The van der Waals surface area contributed by atoms with Crippen LogP contribution in [-0.4, -0.2) is 11.1 Å². The van der Waals surface area contributed by atoms with Gasteiger partial charge < -0.3 is 10.3 Å². The van der Waals surface area contributed by atoms with E-state index in [-0.39, 0.29) is 0 Å². The molecule has 0 unspecified atom stereocenters. The maximum absolute atomic E-state index is 5.52. The van der Waals surface area contributed by atoms with E-state index in [0.29, 0.717) is 0 Å². The van der Waals surface area contributed by atoms with Crippen LogP contribution in [0, 0.1) is 0 Å². The Hall–Kier alpha value is -0.760. The molecule has 0 bridgehead atoms. The van der Waals surface area contributed by atoms with Crippen molar-refractivity contribution in [2.45, 2.75) is 33.2 Å². The van der Waals surface area contributed by atoms with E-state index in [9.17, 15) is 0 Å². The third kappa shape index (κ3) is 1.69. The molecule has 68 valence electrons. The lowest BCUT2D eigenvalue weighted by Crippen LogP contribution is -2.09. The quantitative estimate of drug-likeness (QED) is 0.723. The van der Waals surface area contributed by atoms with Crippen molar-refractivity contribution in [1.29, 1.82) is 0 Å². The summed E-state index contributed by atoms with van der Waals surface area (Å²) in [6.45, 7) is 6.17. The number of aryl methyl sites for hydroxylation is 1. The first-order valence-electron chi connectivity index (χ1n) is 4.70. The van der Waals surface area contributed by atoms with Gasteiger partial charge in [-0.25, -0.2) is 0 Å². The maximum atomic E-state index is 5.52. The van der Waals surface area contributed by atoms with E-state index in [4.69, 9.17) is 5.73 Å². The van der Waals surface area contributed by atoms with Crippen LogP contribution in [0.3, 0.4) is 0 Å². The molecule has 2 N–H and O–H groups in total. The largest absolute Gasteiger partial charge is 0.349 e. The molecule has 0 radical (unpaired) electrons. The highest BCUT2D eigenvalue weighted by atomic mass is 15.0. The second-order valence-electron chi connectivity index (χ2n) is 2.95. The molecule has 0 fully saturated rings. The van der Waals surface area contributed by atoms with Crippen LogP contribution in [0.25, 0.3) is 0 Å². The molecule has 0 aliphatic heterocycles. The zero-order chi connectivity index (χ0) is 8.97. The fourth-order valence-electron chi connectivity index (χ4n) is 1.64. The lowest BCUT2D eigenvalue weighted by atomic mass is 10.3. The first kappa shape index (κ1) is 9.33. The van der Waals surface area contributed by atoms with Gasteiger partial charge in [0, 0.05) is 17.9 Å². The number of hydrogen-bond acceptors (Lipinski definition) is 1.